The largest absolute Gasteiger partial charge is 0.457 e. The average molecular weight is 298 g/mol. The standard InChI is InChI=1S/C13H11ClO.C5H5N/c14-10-11-5-4-8-13(9-11)15-12-6-2-1-3-7-12;1-2-4-6-5-3-1/h1-9H,10H2;1-5H. The summed E-state index contributed by atoms with van der Waals surface area (Å²) in [5.74, 6) is 2.16. The van der Waals surface area contributed by atoms with Crippen molar-refractivity contribution >= 4 is 11.6 Å². The molecule has 0 aliphatic rings. The molecule has 0 unspecified atom stereocenters. The number of nitrogens with zero attached hydrogens (tertiary/aromatic N) is 1. The van der Waals surface area contributed by atoms with Gasteiger partial charge in [0, 0.05) is 18.3 Å². The van der Waals surface area contributed by atoms with Gasteiger partial charge in [-0.3, -0.25) is 4.98 Å². The molecule has 0 fully saturated rings. The molecule has 0 atom stereocenters. The highest BCUT2D eigenvalue weighted by molar-refractivity contribution is 6.17. The molecular weight excluding hydrogens is 282 g/mol. The number of hydrogen-bond donors (Lipinski definition) is 0. The number of ether oxygens (including phenoxy) is 1. The third kappa shape index (κ3) is 5.67. The quantitative estimate of drug-likeness (QED) is 0.612. The van der Waals surface area contributed by atoms with Gasteiger partial charge in [0.1, 0.15) is 11.5 Å². The second kappa shape index (κ2) is 8.77. The minimum atomic E-state index is 0.506. The van der Waals surface area contributed by atoms with Crippen molar-refractivity contribution in [1.29, 1.82) is 0 Å². The van der Waals surface area contributed by atoms with Crippen molar-refractivity contribution in [2.75, 3.05) is 0 Å². The molecule has 3 rings (SSSR count). The third-order valence-corrected chi connectivity index (χ3v) is 2.91. The van der Waals surface area contributed by atoms with Gasteiger partial charge in [0.2, 0.25) is 0 Å². The first-order valence-electron chi connectivity index (χ1n) is 6.61. The summed E-state index contributed by atoms with van der Waals surface area (Å²) in [7, 11) is 0. The molecule has 0 N–H and O–H groups in total. The lowest BCUT2D eigenvalue weighted by molar-refractivity contribution is 0.482. The molecule has 3 heteroatoms. The smallest absolute Gasteiger partial charge is 0.127 e. The van der Waals surface area contributed by atoms with Gasteiger partial charge in [0.05, 0.1) is 0 Å². The van der Waals surface area contributed by atoms with Crippen LogP contribution in [-0.4, -0.2) is 4.98 Å². The summed E-state index contributed by atoms with van der Waals surface area (Å²) in [6.45, 7) is 0. The fraction of sp³-hybridized carbons (Fsp3) is 0.0556. The molecule has 0 aliphatic heterocycles. The van der Waals surface area contributed by atoms with Crippen LogP contribution in [0.15, 0.2) is 85.2 Å². The Balaban J connectivity index is 0.000000225. The molecule has 0 saturated heterocycles. The summed E-state index contributed by atoms with van der Waals surface area (Å²) in [4.78, 5) is 3.78. The first-order valence-corrected chi connectivity index (χ1v) is 7.15. The molecule has 0 amide bonds. The van der Waals surface area contributed by atoms with Crippen molar-refractivity contribution < 1.29 is 4.74 Å². The minimum absolute atomic E-state index is 0.506. The van der Waals surface area contributed by atoms with Crippen molar-refractivity contribution in [2.45, 2.75) is 5.88 Å². The van der Waals surface area contributed by atoms with Crippen LogP contribution in [0.25, 0.3) is 0 Å². The molecule has 3 aromatic rings. The molecule has 0 aliphatic carbocycles. The van der Waals surface area contributed by atoms with Crippen LogP contribution < -0.4 is 4.74 Å². The Labute approximate surface area is 130 Å². The molecule has 21 heavy (non-hydrogen) atoms. The van der Waals surface area contributed by atoms with E-state index in [1.807, 2.05) is 72.8 Å². The van der Waals surface area contributed by atoms with E-state index in [0.29, 0.717) is 5.88 Å². The Morgan fingerprint density at radius 2 is 1.43 bits per heavy atom. The van der Waals surface area contributed by atoms with Crippen molar-refractivity contribution in [3.63, 3.8) is 0 Å². The van der Waals surface area contributed by atoms with Gasteiger partial charge in [-0.25, -0.2) is 0 Å². The van der Waals surface area contributed by atoms with Crippen LogP contribution in [0, 0.1) is 0 Å². The lowest BCUT2D eigenvalue weighted by Gasteiger charge is -2.05. The lowest BCUT2D eigenvalue weighted by Crippen LogP contribution is -1.85. The van der Waals surface area contributed by atoms with Gasteiger partial charge in [0.25, 0.3) is 0 Å². The molecule has 0 radical (unpaired) electrons. The first kappa shape index (κ1) is 15.1. The van der Waals surface area contributed by atoms with Crippen LogP contribution in [0.5, 0.6) is 11.5 Å². The van der Waals surface area contributed by atoms with Crippen molar-refractivity contribution in [2.24, 2.45) is 0 Å². The van der Waals surface area contributed by atoms with Gasteiger partial charge in [-0.2, -0.15) is 0 Å². The number of benzene rings is 2. The number of aromatic nitrogens is 1. The summed E-state index contributed by atoms with van der Waals surface area (Å²) in [5, 5.41) is 0. The van der Waals surface area contributed by atoms with Crippen LogP contribution in [-0.2, 0) is 5.88 Å². The molecule has 0 bridgehead atoms. The predicted octanol–water partition coefficient (Wildman–Crippen LogP) is 5.30. The van der Waals surface area contributed by atoms with E-state index < -0.39 is 0 Å². The van der Waals surface area contributed by atoms with E-state index in [-0.39, 0.29) is 0 Å². The van der Waals surface area contributed by atoms with E-state index in [4.69, 9.17) is 16.3 Å². The Morgan fingerprint density at radius 1 is 0.762 bits per heavy atom. The Bertz CT molecular complexity index is 602. The van der Waals surface area contributed by atoms with Crippen LogP contribution in [0.3, 0.4) is 0 Å². The number of halogens is 1. The summed E-state index contributed by atoms with van der Waals surface area (Å²) >= 11 is 5.75. The van der Waals surface area contributed by atoms with Gasteiger partial charge >= 0.3 is 0 Å². The van der Waals surface area contributed by atoms with Gasteiger partial charge < -0.3 is 4.74 Å². The highest BCUT2D eigenvalue weighted by atomic mass is 35.5. The normalized spacial score (nSPS) is 9.38. The maximum atomic E-state index is 5.75. The minimum Gasteiger partial charge on any atom is -0.457 e. The predicted molar refractivity (Wildman–Crippen MR) is 86.8 cm³/mol. The Kier molecular flexibility index (Phi) is 6.30. The summed E-state index contributed by atoms with van der Waals surface area (Å²) < 4.78 is 5.66. The highest BCUT2D eigenvalue weighted by Gasteiger charge is 1.97. The molecule has 0 spiro atoms. The molecule has 2 aromatic carbocycles. The summed E-state index contributed by atoms with van der Waals surface area (Å²) in [6.07, 6.45) is 3.50. The van der Waals surface area contributed by atoms with Crippen molar-refractivity contribution in [3.8, 4) is 11.5 Å². The maximum absolute atomic E-state index is 5.75. The Morgan fingerprint density at radius 3 is 2.00 bits per heavy atom. The molecule has 1 aromatic heterocycles. The summed E-state index contributed by atoms with van der Waals surface area (Å²) in [6, 6.07) is 23.2. The molecule has 1 heterocycles. The van der Waals surface area contributed by atoms with Gasteiger partial charge in [-0.1, -0.05) is 36.4 Å². The van der Waals surface area contributed by atoms with E-state index in [0.717, 1.165) is 17.1 Å². The van der Waals surface area contributed by atoms with E-state index in [1.54, 1.807) is 12.4 Å². The number of pyridine rings is 1. The third-order valence-electron chi connectivity index (χ3n) is 2.60. The molecule has 2 nitrogen and oxygen atoms in total. The number of rotatable bonds is 3. The van der Waals surface area contributed by atoms with Crippen LogP contribution in [0.2, 0.25) is 0 Å². The van der Waals surface area contributed by atoms with E-state index in [9.17, 15) is 0 Å². The van der Waals surface area contributed by atoms with Gasteiger partial charge in [-0.05, 0) is 42.0 Å². The van der Waals surface area contributed by atoms with Crippen LogP contribution in [0.4, 0.5) is 0 Å². The van der Waals surface area contributed by atoms with E-state index in [2.05, 4.69) is 4.98 Å². The highest BCUT2D eigenvalue weighted by Crippen LogP contribution is 2.22. The number of alkyl halides is 1. The molecule has 0 saturated carbocycles. The fourth-order valence-electron chi connectivity index (χ4n) is 1.63. The van der Waals surface area contributed by atoms with Gasteiger partial charge in [-0.15, -0.1) is 11.6 Å². The van der Waals surface area contributed by atoms with Gasteiger partial charge in [0.15, 0.2) is 0 Å². The number of hydrogen-bond acceptors (Lipinski definition) is 2. The summed E-state index contributed by atoms with van der Waals surface area (Å²) in [5.41, 5.74) is 1.06. The van der Waals surface area contributed by atoms with Crippen molar-refractivity contribution in [3.05, 3.63) is 90.8 Å². The molecule has 106 valence electrons. The molecular formula is C18H16ClNO. The Hall–Kier alpha value is -2.32. The first-order chi connectivity index (χ1) is 10.4. The zero-order chi connectivity index (χ0) is 14.8. The van der Waals surface area contributed by atoms with E-state index in [1.165, 1.54) is 0 Å². The average Bonchev–Trinajstić information content (AvgIpc) is 2.58. The van der Waals surface area contributed by atoms with Crippen LogP contribution >= 0.6 is 11.6 Å². The fourth-order valence-corrected chi connectivity index (χ4v) is 1.80. The lowest BCUT2D eigenvalue weighted by atomic mass is 10.2. The van der Waals surface area contributed by atoms with E-state index >= 15 is 0 Å². The zero-order valence-electron chi connectivity index (χ0n) is 11.5. The number of para-hydroxylation sites is 1. The topological polar surface area (TPSA) is 22.1 Å². The van der Waals surface area contributed by atoms with Crippen molar-refractivity contribution in [1.82, 2.24) is 4.98 Å². The van der Waals surface area contributed by atoms with Crippen LogP contribution in [0.1, 0.15) is 5.56 Å². The zero-order valence-corrected chi connectivity index (χ0v) is 12.3. The monoisotopic (exact) mass is 297 g/mol. The second-order valence-electron chi connectivity index (χ2n) is 4.22. The second-order valence-corrected chi connectivity index (χ2v) is 4.49. The maximum Gasteiger partial charge on any atom is 0.127 e. The SMILES string of the molecule is ClCc1cccc(Oc2ccccc2)c1.c1ccncc1.